The molecular formula is C11H23N. The largest absolute Gasteiger partial charge is 0.303 e. The fourth-order valence-electron chi connectivity index (χ4n) is 2.17. The zero-order valence-electron chi connectivity index (χ0n) is 8.68. The molecule has 1 atom stereocenters. The second-order valence-corrected chi connectivity index (χ2v) is 4.26. The number of nitrogens with zero attached hydrogens (tertiary/aromatic N) is 1. The molecule has 0 radical (unpaired) electrons. The van der Waals surface area contributed by atoms with Gasteiger partial charge in [0.05, 0.1) is 0 Å². The molecule has 1 heterocycles. The molecule has 1 fully saturated rings. The third-order valence-electron chi connectivity index (χ3n) is 2.80. The summed E-state index contributed by atoms with van der Waals surface area (Å²) < 4.78 is 0. The van der Waals surface area contributed by atoms with E-state index in [-0.39, 0.29) is 0 Å². The van der Waals surface area contributed by atoms with Gasteiger partial charge in [0, 0.05) is 6.54 Å². The maximum atomic E-state index is 2.64. The zero-order chi connectivity index (χ0) is 8.81. The van der Waals surface area contributed by atoms with Crippen LogP contribution in [-0.2, 0) is 0 Å². The molecule has 12 heavy (non-hydrogen) atoms. The van der Waals surface area contributed by atoms with Crippen LogP contribution in [0.15, 0.2) is 0 Å². The van der Waals surface area contributed by atoms with E-state index in [9.17, 15) is 0 Å². The molecule has 0 saturated carbocycles. The van der Waals surface area contributed by atoms with Crippen LogP contribution in [0.3, 0.4) is 0 Å². The van der Waals surface area contributed by atoms with E-state index in [0.29, 0.717) is 0 Å². The molecule has 1 unspecified atom stereocenters. The van der Waals surface area contributed by atoms with Gasteiger partial charge in [0.25, 0.3) is 0 Å². The van der Waals surface area contributed by atoms with Crippen molar-refractivity contribution in [3.8, 4) is 0 Å². The number of likely N-dealkylation sites (tertiary alicyclic amines) is 1. The number of piperidine rings is 1. The summed E-state index contributed by atoms with van der Waals surface area (Å²) in [6, 6.07) is 0. The van der Waals surface area contributed by atoms with Gasteiger partial charge in [-0.2, -0.15) is 0 Å². The molecule has 0 amide bonds. The van der Waals surface area contributed by atoms with Crippen molar-refractivity contribution in [2.45, 2.75) is 46.0 Å². The molecule has 0 bridgehead atoms. The van der Waals surface area contributed by atoms with Crippen molar-refractivity contribution >= 4 is 0 Å². The van der Waals surface area contributed by atoms with E-state index in [2.05, 4.69) is 18.7 Å². The Morgan fingerprint density at radius 2 is 1.83 bits per heavy atom. The van der Waals surface area contributed by atoms with Crippen molar-refractivity contribution in [2.75, 3.05) is 19.6 Å². The van der Waals surface area contributed by atoms with Crippen LogP contribution in [0.1, 0.15) is 46.0 Å². The molecule has 1 aliphatic rings. The zero-order valence-corrected chi connectivity index (χ0v) is 8.68. The monoisotopic (exact) mass is 169 g/mol. The average Bonchev–Trinajstić information content (AvgIpc) is 2.06. The molecule has 0 spiro atoms. The first-order valence-electron chi connectivity index (χ1n) is 5.55. The first-order chi connectivity index (χ1) is 5.83. The molecule has 0 aromatic heterocycles. The molecule has 1 nitrogen and oxygen atoms in total. The molecule has 0 aliphatic carbocycles. The third kappa shape index (κ3) is 3.57. The van der Waals surface area contributed by atoms with Gasteiger partial charge in [-0.05, 0) is 38.3 Å². The highest BCUT2D eigenvalue weighted by atomic mass is 15.1. The Bertz CT molecular complexity index is 106. The van der Waals surface area contributed by atoms with Crippen molar-refractivity contribution in [3.05, 3.63) is 0 Å². The Kier molecular flexibility index (Phi) is 4.67. The maximum Gasteiger partial charge on any atom is 0.000702 e. The minimum atomic E-state index is 0.910. The SMILES string of the molecule is CCCC(C)CN1CCCCC1. The lowest BCUT2D eigenvalue weighted by atomic mass is 10.0. The van der Waals surface area contributed by atoms with Crippen molar-refractivity contribution in [1.29, 1.82) is 0 Å². The normalized spacial score (nSPS) is 22.5. The van der Waals surface area contributed by atoms with Crippen LogP contribution in [0.5, 0.6) is 0 Å². The highest BCUT2D eigenvalue weighted by Crippen LogP contribution is 2.13. The summed E-state index contributed by atoms with van der Waals surface area (Å²) in [6.07, 6.45) is 7.06. The molecule has 1 heteroatoms. The van der Waals surface area contributed by atoms with E-state index in [4.69, 9.17) is 0 Å². The summed E-state index contributed by atoms with van der Waals surface area (Å²) in [5.41, 5.74) is 0. The molecule has 1 aliphatic heterocycles. The van der Waals surface area contributed by atoms with E-state index in [0.717, 1.165) is 5.92 Å². The number of rotatable bonds is 4. The topological polar surface area (TPSA) is 3.24 Å². The minimum absolute atomic E-state index is 0.910. The first-order valence-corrected chi connectivity index (χ1v) is 5.55. The van der Waals surface area contributed by atoms with Crippen molar-refractivity contribution < 1.29 is 0 Å². The van der Waals surface area contributed by atoms with Crippen LogP contribution < -0.4 is 0 Å². The van der Waals surface area contributed by atoms with Crippen LogP contribution in [0.25, 0.3) is 0 Å². The van der Waals surface area contributed by atoms with Gasteiger partial charge in [0.1, 0.15) is 0 Å². The summed E-state index contributed by atoms with van der Waals surface area (Å²) in [4.78, 5) is 2.64. The molecule has 72 valence electrons. The van der Waals surface area contributed by atoms with Gasteiger partial charge in [-0.1, -0.05) is 26.7 Å². The van der Waals surface area contributed by atoms with Crippen LogP contribution in [0.4, 0.5) is 0 Å². The standard InChI is InChI=1S/C11H23N/c1-3-7-11(2)10-12-8-5-4-6-9-12/h11H,3-10H2,1-2H3. The molecule has 0 aromatic carbocycles. The smallest absolute Gasteiger partial charge is 0.000702 e. The summed E-state index contributed by atoms with van der Waals surface area (Å²) in [5, 5.41) is 0. The first kappa shape index (κ1) is 10.0. The average molecular weight is 169 g/mol. The van der Waals surface area contributed by atoms with Gasteiger partial charge in [-0.25, -0.2) is 0 Å². The van der Waals surface area contributed by atoms with Gasteiger partial charge in [-0.15, -0.1) is 0 Å². The van der Waals surface area contributed by atoms with E-state index in [1.54, 1.807) is 0 Å². The van der Waals surface area contributed by atoms with E-state index in [1.165, 1.54) is 51.7 Å². The van der Waals surface area contributed by atoms with Gasteiger partial charge in [0.15, 0.2) is 0 Å². The molecule has 0 N–H and O–H groups in total. The van der Waals surface area contributed by atoms with E-state index >= 15 is 0 Å². The highest BCUT2D eigenvalue weighted by Gasteiger charge is 2.12. The predicted octanol–water partition coefficient (Wildman–Crippen LogP) is 2.91. The van der Waals surface area contributed by atoms with Crippen molar-refractivity contribution in [2.24, 2.45) is 5.92 Å². The van der Waals surface area contributed by atoms with Gasteiger partial charge >= 0.3 is 0 Å². The maximum absolute atomic E-state index is 2.64. The molecule has 1 saturated heterocycles. The third-order valence-corrected chi connectivity index (χ3v) is 2.80. The fourth-order valence-corrected chi connectivity index (χ4v) is 2.17. The van der Waals surface area contributed by atoms with Crippen LogP contribution in [0.2, 0.25) is 0 Å². The summed E-state index contributed by atoms with van der Waals surface area (Å²) in [7, 11) is 0. The quantitative estimate of drug-likeness (QED) is 0.625. The summed E-state index contributed by atoms with van der Waals surface area (Å²) in [5.74, 6) is 0.910. The highest BCUT2D eigenvalue weighted by molar-refractivity contribution is 4.67. The molecule has 1 rings (SSSR count). The minimum Gasteiger partial charge on any atom is -0.303 e. The Morgan fingerprint density at radius 3 is 2.42 bits per heavy atom. The van der Waals surface area contributed by atoms with Gasteiger partial charge in [0.2, 0.25) is 0 Å². The van der Waals surface area contributed by atoms with Crippen LogP contribution in [0, 0.1) is 5.92 Å². The Labute approximate surface area is 77.1 Å². The second kappa shape index (κ2) is 5.58. The van der Waals surface area contributed by atoms with Crippen LogP contribution >= 0.6 is 0 Å². The van der Waals surface area contributed by atoms with E-state index in [1.807, 2.05) is 0 Å². The summed E-state index contributed by atoms with van der Waals surface area (Å²) in [6.45, 7) is 8.72. The summed E-state index contributed by atoms with van der Waals surface area (Å²) >= 11 is 0. The Morgan fingerprint density at radius 1 is 1.17 bits per heavy atom. The number of hydrogen-bond donors (Lipinski definition) is 0. The lowest BCUT2D eigenvalue weighted by Gasteiger charge is -2.28. The van der Waals surface area contributed by atoms with Gasteiger partial charge < -0.3 is 4.90 Å². The Hall–Kier alpha value is -0.0400. The second-order valence-electron chi connectivity index (χ2n) is 4.26. The van der Waals surface area contributed by atoms with Crippen LogP contribution in [-0.4, -0.2) is 24.5 Å². The van der Waals surface area contributed by atoms with Crippen molar-refractivity contribution in [3.63, 3.8) is 0 Å². The lowest BCUT2D eigenvalue weighted by Crippen LogP contribution is -2.33. The van der Waals surface area contributed by atoms with Crippen molar-refractivity contribution in [1.82, 2.24) is 4.90 Å². The fraction of sp³-hybridized carbons (Fsp3) is 1.00. The molecule has 0 aromatic rings. The predicted molar refractivity (Wildman–Crippen MR) is 54.4 cm³/mol. The van der Waals surface area contributed by atoms with Gasteiger partial charge in [-0.3, -0.25) is 0 Å². The lowest BCUT2D eigenvalue weighted by molar-refractivity contribution is 0.196. The Balaban J connectivity index is 2.11. The van der Waals surface area contributed by atoms with E-state index < -0.39 is 0 Å². The molecular weight excluding hydrogens is 146 g/mol. The number of hydrogen-bond acceptors (Lipinski definition) is 1.